The van der Waals surface area contributed by atoms with E-state index in [0.29, 0.717) is 31.6 Å². The van der Waals surface area contributed by atoms with Gasteiger partial charge in [0.25, 0.3) is 0 Å². The third kappa shape index (κ3) is 9.63. The first-order valence-corrected chi connectivity index (χ1v) is 15.0. The predicted molar refractivity (Wildman–Crippen MR) is 152 cm³/mol. The average Bonchev–Trinajstić information content (AvgIpc) is 2.87. The van der Waals surface area contributed by atoms with Gasteiger partial charge >= 0.3 is 5.97 Å². The molecular weight excluding hydrogens is 498 g/mol. The molecule has 1 saturated carbocycles. The Morgan fingerprint density at radius 3 is 2.28 bits per heavy atom. The van der Waals surface area contributed by atoms with Crippen LogP contribution in [0.1, 0.15) is 80.1 Å². The summed E-state index contributed by atoms with van der Waals surface area (Å²) in [6.07, 6.45) is 3.54. The van der Waals surface area contributed by atoms with E-state index in [1.54, 1.807) is 6.08 Å². The maximum absolute atomic E-state index is 13.0. The SMILES string of the molecule is CCC1OC(=O)CC(O)C(C)C(OC2CC(C)CC(N(C)C)C2O)C(C)CC(C)C(=O)/C=C/[C@H](C)CC1CO. The number of ketones is 1. The molecule has 226 valence electrons. The Morgan fingerprint density at radius 2 is 1.69 bits per heavy atom. The van der Waals surface area contributed by atoms with Gasteiger partial charge in [-0.15, -0.1) is 0 Å². The lowest BCUT2D eigenvalue weighted by Crippen LogP contribution is -2.53. The van der Waals surface area contributed by atoms with Crippen molar-refractivity contribution in [2.45, 2.75) is 117 Å². The smallest absolute Gasteiger partial charge is 0.308 e. The number of allylic oxidation sites excluding steroid dienone is 2. The molecule has 2 aliphatic rings. The number of nitrogens with zero attached hydrogens (tertiary/aromatic N) is 1. The zero-order chi connectivity index (χ0) is 29.4. The fourth-order valence-corrected chi connectivity index (χ4v) is 6.50. The van der Waals surface area contributed by atoms with E-state index in [1.807, 2.05) is 59.7 Å². The molecule has 1 aliphatic heterocycles. The Kier molecular flexibility index (Phi) is 13.6. The summed E-state index contributed by atoms with van der Waals surface area (Å²) in [7, 11) is 3.92. The first kappa shape index (κ1) is 33.9. The molecule has 1 fully saturated rings. The van der Waals surface area contributed by atoms with E-state index >= 15 is 0 Å². The minimum atomic E-state index is -1.02. The van der Waals surface area contributed by atoms with Crippen LogP contribution in [0.25, 0.3) is 0 Å². The molecule has 3 N–H and O–H groups in total. The van der Waals surface area contributed by atoms with Crippen LogP contribution >= 0.6 is 0 Å². The third-order valence-electron chi connectivity index (χ3n) is 9.03. The molecule has 1 heterocycles. The summed E-state index contributed by atoms with van der Waals surface area (Å²) < 4.78 is 12.4. The van der Waals surface area contributed by atoms with Gasteiger partial charge in [0.05, 0.1) is 30.8 Å². The number of likely N-dealkylation sites (N-methyl/N-ethyl adjacent to an activating group) is 1. The molecule has 8 heteroatoms. The van der Waals surface area contributed by atoms with Crippen LogP contribution in [-0.4, -0.2) is 89.2 Å². The Bertz CT molecular complexity index is 802. The van der Waals surface area contributed by atoms with Crippen LogP contribution in [0.15, 0.2) is 12.2 Å². The van der Waals surface area contributed by atoms with Gasteiger partial charge in [0.2, 0.25) is 0 Å². The highest BCUT2D eigenvalue weighted by Crippen LogP contribution is 2.35. The highest BCUT2D eigenvalue weighted by atomic mass is 16.5. The molecule has 0 radical (unpaired) electrons. The number of hydrogen-bond acceptors (Lipinski definition) is 8. The Morgan fingerprint density at radius 1 is 1.03 bits per heavy atom. The van der Waals surface area contributed by atoms with Crippen LogP contribution in [0, 0.1) is 35.5 Å². The molecule has 0 aromatic heterocycles. The molecular formula is C31H55NO7. The molecule has 0 bridgehead atoms. The standard InChI is InChI=1S/C31H55NO7/c1-9-27-23(17-33)12-18(2)10-11-25(34)20(4)15-21(5)31(22(6)26(35)16-29(36)38-27)39-28-14-19(3)13-24(30(28)37)32(7)8/h10-11,18-24,26-28,30-31,33,35,37H,9,12-17H2,1-8H3/b11-10+/t18-,19?,20?,21?,22?,23?,24?,26?,27?,28?,30?,31?/m0/s1. The molecule has 12 atom stereocenters. The van der Waals surface area contributed by atoms with Crippen molar-refractivity contribution >= 4 is 11.8 Å². The number of aliphatic hydroxyl groups excluding tert-OH is 3. The van der Waals surface area contributed by atoms with Crippen molar-refractivity contribution in [3.05, 3.63) is 12.2 Å². The zero-order valence-electron chi connectivity index (χ0n) is 25.5. The van der Waals surface area contributed by atoms with Crippen LogP contribution < -0.4 is 0 Å². The van der Waals surface area contributed by atoms with Crippen LogP contribution in [0.4, 0.5) is 0 Å². The van der Waals surface area contributed by atoms with E-state index in [0.717, 1.165) is 6.42 Å². The lowest BCUT2D eigenvalue weighted by atomic mass is 9.80. The monoisotopic (exact) mass is 553 g/mol. The minimum Gasteiger partial charge on any atom is -0.462 e. The van der Waals surface area contributed by atoms with Crippen molar-refractivity contribution in [1.82, 2.24) is 4.90 Å². The van der Waals surface area contributed by atoms with Crippen molar-refractivity contribution in [1.29, 1.82) is 0 Å². The number of rotatable bonds is 5. The summed E-state index contributed by atoms with van der Waals surface area (Å²) in [6.45, 7) is 11.7. The lowest BCUT2D eigenvalue weighted by molar-refractivity contribution is -0.169. The summed E-state index contributed by atoms with van der Waals surface area (Å²) >= 11 is 0. The number of carbonyl (C=O) groups excluding carboxylic acids is 2. The molecule has 0 saturated heterocycles. The topological polar surface area (TPSA) is 117 Å². The van der Waals surface area contributed by atoms with Gasteiger partial charge in [-0.05, 0) is 70.0 Å². The molecule has 8 nitrogen and oxygen atoms in total. The van der Waals surface area contributed by atoms with E-state index in [9.17, 15) is 24.9 Å². The number of aliphatic hydroxyl groups is 3. The number of esters is 1. The van der Waals surface area contributed by atoms with Gasteiger partial charge in [-0.25, -0.2) is 0 Å². The normalized spacial score (nSPS) is 42.8. The maximum atomic E-state index is 13.0. The second-order valence-electron chi connectivity index (χ2n) is 12.8. The van der Waals surface area contributed by atoms with Gasteiger partial charge in [0.1, 0.15) is 6.10 Å². The van der Waals surface area contributed by atoms with E-state index in [2.05, 4.69) is 6.92 Å². The van der Waals surface area contributed by atoms with E-state index in [4.69, 9.17) is 9.47 Å². The van der Waals surface area contributed by atoms with Crippen molar-refractivity contribution in [3.8, 4) is 0 Å². The van der Waals surface area contributed by atoms with Crippen molar-refractivity contribution in [2.75, 3.05) is 20.7 Å². The Labute approximate surface area is 236 Å². The summed E-state index contributed by atoms with van der Waals surface area (Å²) in [5.41, 5.74) is 0. The van der Waals surface area contributed by atoms with Crippen LogP contribution in [0.3, 0.4) is 0 Å². The van der Waals surface area contributed by atoms with Gasteiger partial charge < -0.3 is 29.7 Å². The number of hydrogen-bond donors (Lipinski definition) is 3. The molecule has 1 aliphatic carbocycles. The number of cyclic esters (lactones) is 1. The van der Waals surface area contributed by atoms with E-state index in [-0.39, 0.29) is 48.5 Å². The van der Waals surface area contributed by atoms with Gasteiger partial charge in [-0.2, -0.15) is 0 Å². The van der Waals surface area contributed by atoms with E-state index in [1.165, 1.54) is 0 Å². The van der Waals surface area contributed by atoms with E-state index < -0.39 is 42.4 Å². The van der Waals surface area contributed by atoms with Crippen molar-refractivity contribution < 1.29 is 34.4 Å². The van der Waals surface area contributed by atoms with Crippen LogP contribution in [-0.2, 0) is 19.1 Å². The molecule has 11 unspecified atom stereocenters. The fourth-order valence-electron chi connectivity index (χ4n) is 6.50. The summed E-state index contributed by atoms with van der Waals surface area (Å²) in [5, 5.41) is 32.4. The summed E-state index contributed by atoms with van der Waals surface area (Å²) in [6, 6.07) is -0.0338. The first-order valence-electron chi connectivity index (χ1n) is 15.0. The zero-order valence-corrected chi connectivity index (χ0v) is 25.5. The Hall–Kier alpha value is -1.32. The van der Waals surface area contributed by atoms with Gasteiger partial charge in [0, 0.05) is 30.4 Å². The minimum absolute atomic E-state index is 0.0255. The third-order valence-corrected chi connectivity index (χ3v) is 9.03. The van der Waals surface area contributed by atoms with Gasteiger partial charge in [-0.1, -0.05) is 47.6 Å². The van der Waals surface area contributed by atoms with Crippen LogP contribution in [0.2, 0.25) is 0 Å². The lowest BCUT2D eigenvalue weighted by Gasteiger charge is -2.44. The molecule has 0 spiro atoms. The van der Waals surface area contributed by atoms with Gasteiger partial charge in [0.15, 0.2) is 5.78 Å². The Balaban J connectivity index is 2.37. The quantitative estimate of drug-likeness (QED) is 0.442. The molecule has 39 heavy (non-hydrogen) atoms. The maximum Gasteiger partial charge on any atom is 0.308 e. The highest BCUT2D eigenvalue weighted by molar-refractivity contribution is 5.91. The highest BCUT2D eigenvalue weighted by Gasteiger charge is 2.41. The first-order chi connectivity index (χ1) is 18.3. The fraction of sp³-hybridized carbons (Fsp3) is 0.871. The van der Waals surface area contributed by atoms with Crippen molar-refractivity contribution in [3.63, 3.8) is 0 Å². The number of ether oxygens (including phenoxy) is 2. The molecule has 2 rings (SSSR count). The molecule has 0 amide bonds. The molecule has 0 aromatic rings. The number of carbonyl (C=O) groups is 2. The predicted octanol–water partition coefficient (Wildman–Crippen LogP) is 3.61. The molecule has 0 aromatic carbocycles. The van der Waals surface area contributed by atoms with Crippen molar-refractivity contribution in [2.24, 2.45) is 35.5 Å². The van der Waals surface area contributed by atoms with Crippen LogP contribution in [0.5, 0.6) is 0 Å². The summed E-state index contributed by atoms with van der Waals surface area (Å²) in [5.74, 6) is -1.13. The second kappa shape index (κ2) is 15.6. The largest absolute Gasteiger partial charge is 0.462 e. The average molecular weight is 554 g/mol. The second-order valence-corrected chi connectivity index (χ2v) is 12.8. The van der Waals surface area contributed by atoms with Gasteiger partial charge in [-0.3, -0.25) is 9.59 Å². The summed E-state index contributed by atoms with van der Waals surface area (Å²) in [4.78, 5) is 28.0.